The van der Waals surface area contributed by atoms with Crippen molar-refractivity contribution in [3.8, 4) is 0 Å². The number of aliphatic hydroxyl groups is 2. The molecule has 0 saturated heterocycles. The van der Waals surface area contributed by atoms with Gasteiger partial charge in [-0.25, -0.2) is 0 Å². The van der Waals surface area contributed by atoms with Crippen molar-refractivity contribution in [3.63, 3.8) is 0 Å². The van der Waals surface area contributed by atoms with Gasteiger partial charge in [0, 0.05) is 40.1 Å². The maximum absolute atomic E-state index is 7.00. The third kappa shape index (κ3) is 113. The predicted molar refractivity (Wildman–Crippen MR) is 30.8 cm³/mol. The van der Waals surface area contributed by atoms with E-state index >= 15 is 0 Å². The molecule has 0 aromatic carbocycles. The Balaban J connectivity index is -0.00000000267. The fourth-order valence-corrected chi connectivity index (χ4v) is 0. The number of halogens is 2. The van der Waals surface area contributed by atoms with Gasteiger partial charge in [0.05, 0.1) is 0 Å². The molecule has 0 saturated carbocycles. The van der Waals surface area contributed by atoms with Crippen molar-refractivity contribution >= 4 is 24.8 Å². The molecular formula is C2H10Cl2HfO2. The molecule has 0 rings (SSSR count). The standard InChI is InChI=1S/2CH4O.2ClH.Hf/c2*1-2;;;/h2*2H,1H3;2*1H;. The molecule has 0 aromatic rings. The number of hydrogen-bond acceptors (Lipinski definition) is 2. The Kier molecular flexibility index (Phi) is 911. The van der Waals surface area contributed by atoms with Crippen molar-refractivity contribution < 1.29 is 36.1 Å². The molecule has 0 radical (unpaired) electrons. The molecule has 5 heteroatoms. The largest absolute Gasteiger partial charge is 0.400 e. The van der Waals surface area contributed by atoms with Crippen molar-refractivity contribution in [2.75, 3.05) is 14.2 Å². The van der Waals surface area contributed by atoms with E-state index in [1.165, 1.54) is 0 Å². The van der Waals surface area contributed by atoms with Crippen LogP contribution in [0.25, 0.3) is 0 Å². The van der Waals surface area contributed by atoms with Crippen LogP contribution in [0.5, 0.6) is 0 Å². The van der Waals surface area contributed by atoms with Crippen LogP contribution in [0.1, 0.15) is 0 Å². The third-order valence-corrected chi connectivity index (χ3v) is 0. The van der Waals surface area contributed by atoms with Crippen LogP contribution in [0.4, 0.5) is 0 Å². The Labute approximate surface area is 74.9 Å². The van der Waals surface area contributed by atoms with E-state index in [9.17, 15) is 0 Å². The number of rotatable bonds is 0. The molecule has 0 aliphatic carbocycles. The second-order valence-corrected chi connectivity index (χ2v) is 0. The van der Waals surface area contributed by atoms with Crippen LogP contribution in [-0.2, 0) is 25.8 Å². The molecule has 0 spiro atoms. The minimum absolute atomic E-state index is 0. The average Bonchev–Trinajstić information content (AvgIpc) is 1.50. The molecule has 0 amide bonds. The maximum atomic E-state index is 7.00. The summed E-state index contributed by atoms with van der Waals surface area (Å²) >= 11 is 0. The van der Waals surface area contributed by atoms with Crippen molar-refractivity contribution in [1.29, 1.82) is 0 Å². The normalized spacial score (nSPS) is 1.71. The maximum Gasteiger partial charge on any atom is 0.0319 e. The van der Waals surface area contributed by atoms with Crippen molar-refractivity contribution in [1.82, 2.24) is 0 Å². The summed E-state index contributed by atoms with van der Waals surface area (Å²) in [5.41, 5.74) is 0. The van der Waals surface area contributed by atoms with Crippen LogP contribution in [0.3, 0.4) is 0 Å². The van der Waals surface area contributed by atoms with Crippen molar-refractivity contribution in [2.24, 2.45) is 0 Å². The van der Waals surface area contributed by atoms with Gasteiger partial charge >= 0.3 is 0 Å². The topological polar surface area (TPSA) is 40.5 Å². The van der Waals surface area contributed by atoms with Crippen molar-refractivity contribution in [2.45, 2.75) is 0 Å². The molecule has 0 heterocycles. The quantitative estimate of drug-likeness (QED) is 0.621. The van der Waals surface area contributed by atoms with E-state index in [1.807, 2.05) is 0 Å². The molecule has 0 atom stereocenters. The van der Waals surface area contributed by atoms with Gasteiger partial charge < -0.3 is 10.2 Å². The minimum atomic E-state index is 0. The summed E-state index contributed by atoms with van der Waals surface area (Å²) in [5, 5.41) is 14.0. The van der Waals surface area contributed by atoms with Crippen LogP contribution >= 0.6 is 24.8 Å². The van der Waals surface area contributed by atoms with Crippen LogP contribution in [0, 0.1) is 0 Å². The second-order valence-electron chi connectivity index (χ2n) is 0. The van der Waals surface area contributed by atoms with Crippen molar-refractivity contribution in [3.05, 3.63) is 0 Å². The zero-order valence-electron chi connectivity index (χ0n) is 4.21. The Bertz CT molecular complexity index is 13.7. The summed E-state index contributed by atoms with van der Waals surface area (Å²) in [5.74, 6) is 0. The van der Waals surface area contributed by atoms with Gasteiger partial charge in [0.1, 0.15) is 0 Å². The van der Waals surface area contributed by atoms with E-state index in [-0.39, 0.29) is 50.7 Å². The fourth-order valence-electron chi connectivity index (χ4n) is 0. The van der Waals surface area contributed by atoms with Gasteiger partial charge in [0.15, 0.2) is 0 Å². The Hall–Kier alpha value is 1.37. The van der Waals surface area contributed by atoms with Gasteiger partial charge in [-0.05, 0) is 0 Å². The van der Waals surface area contributed by atoms with Crippen LogP contribution < -0.4 is 0 Å². The Morgan fingerprint density at radius 3 is 0.714 bits per heavy atom. The molecule has 7 heavy (non-hydrogen) atoms. The van der Waals surface area contributed by atoms with Gasteiger partial charge in [-0.3, -0.25) is 0 Å². The molecule has 0 aliphatic rings. The summed E-state index contributed by atoms with van der Waals surface area (Å²) in [7, 11) is 2.00. The molecule has 0 fully saturated rings. The average molecular weight is 315 g/mol. The first-order valence-corrected chi connectivity index (χ1v) is 0.894. The first-order chi connectivity index (χ1) is 2.00. The zero-order chi connectivity index (χ0) is 4.00. The molecule has 48 valence electrons. The van der Waals surface area contributed by atoms with Crippen LogP contribution in [0.2, 0.25) is 0 Å². The van der Waals surface area contributed by atoms with Gasteiger partial charge in [0.25, 0.3) is 0 Å². The van der Waals surface area contributed by atoms with E-state index in [0.29, 0.717) is 0 Å². The molecular weight excluding hydrogens is 305 g/mol. The van der Waals surface area contributed by atoms with E-state index < -0.39 is 0 Å². The van der Waals surface area contributed by atoms with Gasteiger partial charge in [-0.2, -0.15) is 0 Å². The fraction of sp³-hybridized carbons (Fsp3) is 1.00. The minimum Gasteiger partial charge on any atom is -0.400 e. The van der Waals surface area contributed by atoms with Gasteiger partial charge in [-0.15, -0.1) is 24.8 Å². The van der Waals surface area contributed by atoms with Gasteiger partial charge in [0.2, 0.25) is 0 Å². The summed E-state index contributed by atoms with van der Waals surface area (Å²) < 4.78 is 0. The Morgan fingerprint density at radius 2 is 0.714 bits per heavy atom. The summed E-state index contributed by atoms with van der Waals surface area (Å²) in [6.45, 7) is 0. The molecule has 0 unspecified atom stereocenters. The molecule has 0 aromatic heterocycles. The summed E-state index contributed by atoms with van der Waals surface area (Å²) in [6.07, 6.45) is 0. The molecule has 2 nitrogen and oxygen atoms in total. The van der Waals surface area contributed by atoms with Crippen LogP contribution in [0.15, 0.2) is 0 Å². The number of aliphatic hydroxyl groups excluding tert-OH is 2. The van der Waals surface area contributed by atoms with Crippen LogP contribution in [-0.4, -0.2) is 24.4 Å². The first-order valence-electron chi connectivity index (χ1n) is 0.894. The van der Waals surface area contributed by atoms with E-state index in [1.54, 1.807) is 0 Å². The SMILES string of the molecule is CO.CO.Cl.Cl.[Hf]. The molecule has 2 N–H and O–H groups in total. The molecule has 0 aliphatic heterocycles. The third-order valence-electron chi connectivity index (χ3n) is 0. The summed E-state index contributed by atoms with van der Waals surface area (Å²) in [4.78, 5) is 0. The number of hydrogen-bond donors (Lipinski definition) is 2. The molecule has 0 bridgehead atoms. The zero-order valence-corrected chi connectivity index (χ0v) is 9.44. The van der Waals surface area contributed by atoms with E-state index in [0.717, 1.165) is 14.2 Å². The second kappa shape index (κ2) is 159. The smallest absolute Gasteiger partial charge is 0.0319 e. The van der Waals surface area contributed by atoms with E-state index in [4.69, 9.17) is 10.2 Å². The summed E-state index contributed by atoms with van der Waals surface area (Å²) in [6, 6.07) is 0. The first kappa shape index (κ1) is 40.0. The van der Waals surface area contributed by atoms with Gasteiger partial charge in [-0.1, -0.05) is 0 Å². The predicted octanol–water partition coefficient (Wildman–Crippen LogP) is 0.0581. The monoisotopic (exact) mass is 316 g/mol. The van der Waals surface area contributed by atoms with E-state index in [2.05, 4.69) is 0 Å². The Morgan fingerprint density at radius 1 is 0.714 bits per heavy atom.